The van der Waals surface area contributed by atoms with Gasteiger partial charge in [0.2, 0.25) is 0 Å². The number of anilines is 1. The van der Waals surface area contributed by atoms with Gasteiger partial charge in [-0.1, -0.05) is 18.2 Å². The molecular formula is C27H30N6O2. The number of hydrogen-bond acceptors (Lipinski definition) is 4. The Bertz CT molecular complexity index is 1410. The molecule has 2 fully saturated rings. The first-order valence-corrected chi connectivity index (χ1v) is 12.3. The summed E-state index contributed by atoms with van der Waals surface area (Å²) in [6.45, 7) is 3.62. The average molecular weight is 471 g/mol. The minimum absolute atomic E-state index is 0.0900. The summed E-state index contributed by atoms with van der Waals surface area (Å²) in [5.74, 6) is 0.579. The van der Waals surface area contributed by atoms with Gasteiger partial charge in [-0.05, 0) is 43.0 Å². The third-order valence-electron chi connectivity index (χ3n) is 7.25. The minimum Gasteiger partial charge on any atom is -0.368 e. The van der Waals surface area contributed by atoms with E-state index in [0.29, 0.717) is 24.7 Å². The van der Waals surface area contributed by atoms with E-state index in [1.165, 1.54) is 12.8 Å². The number of rotatable bonds is 4. The number of carbonyl (C=O) groups is 2. The Morgan fingerprint density at radius 2 is 1.69 bits per heavy atom. The maximum atomic E-state index is 13.8. The Balaban J connectivity index is 1.40. The fraction of sp³-hybridized carbons (Fsp3) is 0.370. The number of aromatic nitrogens is 3. The quantitative estimate of drug-likeness (QED) is 0.454. The van der Waals surface area contributed by atoms with Gasteiger partial charge in [-0.15, -0.1) is 0 Å². The molecule has 1 aliphatic heterocycles. The second-order valence-corrected chi connectivity index (χ2v) is 9.83. The highest BCUT2D eigenvalue weighted by Crippen LogP contribution is 2.37. The number of pyridine rings is 1. The summed E-state index contributed by atoms with van der Waals surface area (Å²) in [5, 5.41) is 1.01. The largest absolute Gasteiger partial charge is 0.368 e. The molecule has 1 aromatic carbocycles. The van der Waals surface area contributed by atoms with Crippen LogP contribution in [-0.4, -0.2) is 76.1 Å². The summed E-state index contributed by atoms with van der Waals surface area (Å²) in [4.78, 5) is 37.1. The Morgan fingerprint density at radius 1 is 0.971 bits per heavy atom. The molecule has 1 saturated heterocycles. The van der Waals surface area contributed by atoms with Gasteiger partial charge in [-0.25, -0.2) is 4.79 Å². The highest BCUT2D eigenvalue weighted by Gasteiger charge is 2.31. The van der Waals surface area contributed by atoms with Crippen LogP contribution in [0.5, 0.6) is 0 Å². The van der Waals surface area contributed by atoms with Crippen molar-refractivity contribution < 1.29 is 9.59 Å². The molecule has 4 aromatic rings. The molecule has 0 unspecified atom stereocenters. The van der Waals surface area contributed by atoms with Gasteiger partial charge >= 0.3 is 6.03 Å². The van der Waals surface area contributed by atoms with Crippen LogP contribution in [0.15, 0.2) is 54.9 Å². The first-order chi connectivity index (χ1) is 17.0. The second-order valence-electron chi connectivity index (χ2n) is 9.83. The van der Waals surface area contributed by atoms with Crippen molar-refractivity contribution in [3.8, 4) is 0 Å². The topological polar surface area (TPSA) is 66.6 Å². The van der Waals surface area contributed by atoms with Crippen LogP contribution < -0.4 is 4.90 Å². The molecule has 0 atom stereocenters. The number of amides is 2. The maximum absolute atomic E-state index is 13.8. The summed E-state index contributed by atoms with van der Waals surface area (Å²) < 4.78 is 3.94. The molecule has 8 nitrogen and oxygen atoms in total. The first kappa shape index (κ1) is 21.7. The van der Waals surface area contributed by atoms with Gasteiger partial charge in [0, 0.05) is 70.3 Å². The lowest BCUT2D eigenvalue weighted by molar-refractivity contribution is 0.0737. The van der Waals surface area contributed by atoms with Crippen LogP contribution in [0.3, 0.4) is 0 Å². The molecule has 8 heteroatoms. The van der Waals surface area contributed by atoms with Crippen LogP contribution >= 0.6 is 0 Å². The van der Waals surface area contributed by atoms with Gasteiger partial charge in [0.1, 0.15) is 5.69 Å². The lowest BCUT2D eigenvalue weighted by Gasteiger charge is -2.36. The standard InChI is InChI=1S/C27H30N6O2/c1-29(2)27(35)33-24(26(34)31-15-13-30(14-16-31)20-9-11-28-12-10-20)17-23-25(33)21-5-3-4-6-22(21)32(23)18-19-7-8-19/h3-6,9-12,17,19H,7-8,13-16,18H2,1-2H3. The highest BCUT2D eigenvalue weighted by molar-refractivity contribution is 6.14. The van der Waals surface area contributed by atoms with Crippen molar-refractivity contribution in [3.63, 3.8) is 0 Å². The third-order valence-corrected chi connectivity index (χ3v) is 7.25. The predicted molar refractivity (Wildman–Crippen MR) is 137 cm³/mol. The van der Waals surface area contributed by atoms with Gasteiger partial charge in [0.15, 0.2) is 0 Å². The smallest absolute Gasteiger partial charge is 0.328 e. The summed E-state index contributed by atoms with van der Waals surface area (Å²) in [5.41, 5.74) is 4.48. The zero-order valence-electron chi connectivity index (χ0n) is 20.2. The molecule has 0 N–H and O–H groups in total. The van der Waals surface area contributed by atoms with E-state index in [-0.39, 0.29) is 11.9 Å². The predicted octanol–water partition coefficient (Wildman–Crippen LogP) is 3.89. The molecule has 6 rings (SSSR count). The number of nitrogens with zero attached hydrogens (tertiary/aromatic N) is 6. The third kappa shape index (κ3) is 3.73. The van der Waals surface area contributed by atoms with Crippen molar-refractivity contribution in [2.45, 2.75) is 19.4 Å². The van der Waals surface area contributed by atoms with Gasteiger partial charge in [-0.2, -0.15) is 0 Å². The Kier molecular flexibility index (Phi) is 5.24. The molecule has 1 aliphatic carbocycles. The number of hydrogen-bond donors (Lipinski definition) is 0. The van der Waals surface area contributed by atoms with Crippen molar-refractivity contribution in [2.24, 2.45) is 5.92 Å². The number of piperazine rings is 1. The summed E-state index contributed by atoms with van der Waals surface area (Å²) in [6.07, 6.45) is 6.05. The Labute approximate surface area is 204 Å². The monoisotopic (exact) mass is 470 g/mol. The average Bonchev–Trinajstić information content (AvgIpc) is 3.56. The molecule has 2 amide bonds. The fourth-order valence-corrected chi connectivity index (χ4v) is 5.20. The van der Waals surface area contributed by atoms with Crippen LogP contribution in [0.1, 0.15) is 23.3 Å². The summed E-state index contributed by atoms with van der Waals surface area (Å²) in [7, 11) is 3.47. The molecule has 0 radical (unpaired) electrons. The van der Waals surface area contributed by atoms with Crippen LogP contribution in [0, 0.1) is 5.92 Å². The van der Waals surface area contributed by atoms with E-state index in [1.54, 1.807) is 36.0 Å². The van der Waals surface area contributed by atoms with Gasteiger partial charge in [0.25, 0.3) is 5.91 Å². The van der Waals surface area contributed by atoms with Crippen molar-refractivity contribution >= 4 is 39.6 Å². The Morgan fingerprint density at radius 3 is 2.37 bits per heavy atom. The molecule has 180 valence electrons. The van der Waals surface area contributed by atoms with E-state index < -0.39 is 0 Å². The summed E-state index contributed by atoms with van der Waals surface area (Å²) >= 11 is 0. The van der Waals surface area contributed by atoms with Crippen LogP contribution in [-0.2, 0) is 6.54 Å². The molecule has 2 aliphatic rings. The molecule has 0 bridgehead atoms. The van der Waals surface area contributed by atoms with Crippen molar-refractivity contribution in [1.82, 2.24) is 23.9 Å². The zero-order valence-corrected chi connectivity index (χ0v) is 20.2. The van der Waals surface area contributed by atoms with Crippen LogP contribution in [0.4, 0.5) is 10.5 Å². The van der Waals surface area contributed by atoms with Crippen molar-refractivity contribution in [3.05, 3.63) is 60.6 Å². The number of fused-ring (bicyclic) bond motifs is 3. The fourth-order valence-electron chi connectivity index (χ4n) is 5.20. The highest BCUT2D eigenvalue weighted by atomic mass is 16.2. The van der Waals surface area contributed by atoms with E-state index in [0.717, 1.165) is 47.3 Å². The van der Waals surface area contributed by atoms with E-state index >= 15 is 0 Å². The molecule has 1 saturated carbocycles. The SMILES string of the molecule is CN(C)C(=O)n1c(C(=O)N2CCN(c3ccncc3)CC2)cc2c1c1ccccc1n2CC1CC1. The molecule has 0 spiro atoms. The van der Waals surface area contributed by atoms with Gasteiger partial charge < -0.3 is 19.3 Å². The summed E-state index contributed by atoms with van der Waals surface area (Å²) in [6, 6.07) is 13.9. The number of benzene rings is 1. The van der Waals surface area contributed by atoms with Gasteiger partial charge in [-0.3, -0.25) is 14.3 Å². The first-order valence-electron chi connectivity index (χ1n) is 12.3. The van der Waals surface area contributed by atoms with E-state index in [2.05, 4.69) is 26.6 Å². The molecule has 4 heterocycles. The molecular weight excluding hydrogens is 440 g/mol. The minimum atomic E-state index is -0.201. The van der Waals surface area contributed by atoms with Crippen LogP contribution in [0.25, 0.3) is 21.9 Å². The lowest BCUT2D eigenvalue weighted by Crippen LogP contribution is -2.49. The van der Waals surface area contributed by atoms with E-state index in [9.17, 15) is 9.59 Å². The lowest BCUT2D eigenvalue weighted by atomic mass is 10.2. The number of carbonyl (C=O) groups excluding carboxylic acids is 2. The number of para-hydroxylation sites is 1. The van der Waals surface area contributed by atoms with Crippen molar-refractivity contribution in [1.29, 1.82) is 0 Å². The van der Waals surface area contributed by atoms with E-state index in [4.69, 9.17) is 0 Å². The maximum Gasteiger partial charge on any atom is 0.328 e. The van der Waals surface area contributed by atoms with Crippen molar-refractivity contribution in [2.75, 3.05) is 45.2 Å². The molecule has 3 aromatic heterocycles. The van der Waals surface area contributed by atoms with Crippen LogP contribution in [0.2, 0.25) is 0 Å². The van der Waals surface area contributed by atoms with E-state index in [1.807, 2.05) is 35.2 Å². The van der Waals surface area contributed by atoms with Gasteiger partial charge in [0.05, 0.1) is 16.6 Å². The molecule has 35 heavy (non-hydrogen) atoms. The Hall–Kier alpha value is -3.81. The normalized spacial score (nSPS) is 16.3. The second kappa shape index (κ2) is 8.45. The zero-order chi connectivity index (χ0) is 24.1.